The highest BCUT2D eigenvalue weighted by Crippen LogP contribution is 2.23. The molecule has 12 heteroatoms. The predicted octanol–water partition coefficient (Wildman–Crippen LogP) is 3.60. The van der Waals surface area contributed by atoms with Crippen LogP contribution in [0.15, 0.2) is 82.6 Å². The van der Waals surface area contributed by atoms with E-state index in [1.807, 2.05) is 6.92 Å². The number of ether oxygens (including phenoxy) is 1. The van der Waals surface area contributed by atoms with Crippen molar-refractivity contribution in [2.24, 2.45) is 0 Å². The molecular weight excluding hydrogens is 458 g/mol. The minimum atomic E-state index is -4.01. The fourth-order valence-corrected chi connectivity index (χ4v) is 4.78. The number of anilines is 2. The van der Waals surface area contributed by atoms with Gasteiger partial charge in [0.1, 0.15) is 5.75 Å². The summed E-state index contributed by atoms with van der Waals surface area (Å²) >= 11 is 0. The molecule has 32 heavy (non-hydrogen) atoms. The van der Waals surface area contributed by atoms with Gasteiger partial charge in [-0.25, -0.2) is 16.8 Å². The average Bonchev–Trinajstić information content (AvgIpc) is 2.75. The third kappa shape index (κ3) is 5.53. The Bertz CT molecular complexity index is 1310. The Morgan fingerprint density at radius 2 is 1.16 bits per heavy atom. The molecule has 0 aliphatic carbocycles. The first-order chi connectivity index (χ1) is 15.1. The normalized spacial score (nSPS) is 11.5. The molecule has 0 heterocycles. The van der Waals surface area contributed by atoms with Crippen LogP contribution < -0.4 is 14.2 Å². The fourth-order valence-electron chi connectivity index (χ4n) is 2.66. The molecule has 0 fully saturated rings. The van der Waals surface area contributed by atoms with E-state index < -0.39 is 25.0 Å². The largest absolute Gasteiger partial charge is 0.494 e. The molecule has 0 unspecified atom stereocenters. The van der Waals surface area contributed by atoms with E-state index in [2.05, 4.69) is 9.44 Å². The van der Waals surface area contributed by atoms with Gasteiger partial charge in [0.25, 0.3) is 25.7 Å². The molecule has 3 rings (SSSR count). The van der Waals surface area contributed by atoms with Crippen LogP contribution in [0.3, 0.4) is 0 Å². The summed E-state index contributed by atoms with van der Waals surface area (Å²) in [7, 11) is -7.91. The lowest BCUT2D eigenvalue weighted by Crippen LogP contribution is -2.14. The van der Waals surface area contributed by atoms with Crippen LogP contribution in [0.25, 0.3) is 0 Å². The molecule has 0 amide bonds. The van der Waals surface area contributed by atoms with E-state index >= 15 is 0 Å². The number of nitro groups is 1. The molecule has 0 saturated heterocycles. The zero-order valence-electron chi connectivity index (χ0n) is 16.8. The van der Waals surface area contributed by atoms with Gasteiger partial charge in [0.05, 0.1) is 21.3 Å². The smallest absolute Gasteiger partial charge is 0.269 e. The predicted molar refractivity (Wildman–Crippen MR) is 119 cm³/mol. The number of rotatable bonds is 9. The minimum absolute atomic E-state index is 0.0651. The Morgan fingerprint density at radius 1 is 0.750 bits per heavy atom. The molecule has 0 aliphatic rings. The zero-order valence-corrected chi connectivity index (χ0v) is 18.4. The second kappa shape index (κ2) is 9.24. The lowest BCUT2D eigenvalue weighted by atomic mass is 10.3. The van der Waals surface area contributed by atoms with Crippen molar-refractivity contribution < 1.29 is 26.5 Å². The molecule has 0 aliphatic heterocycles. The number of non-ortho nitro benzene ring substituents is 1. The Labute approximate surface area is 185 Å². The monoisotopic (exact) mass is 477 g/mol. The summed E-state index contributed by atoms with van der Waals surface area (Å²) in [6.07, 6.45) is 0. The molecule has 0 aromatic heterocycles. The van der Waals surface area contributed by atoms with Crippen LogP contribution in [0.5, 0.6) is 5.75 Å². The van der Waals surface area contributed by atoms with Gasteiger partial charge in [-0.3, -0.25) is 19.6 Å². The molecule has 2 N–H and O–H groups in total. The summed E-state index contributed by atoms with van der Waals surface area (Å²) < 4.78 is 60.1. The minimum Gasteiger partial charge on any atom is -0.494 e. The summed E-state index contributed by atoms with van der Waals surface area (Å²) in [6.45, 7) is 2.33. The van der Waals surface area contributed by atoms with Gasteiger partial charge in [0.2, 0.25) is 0 Å². The molecule has 10 nitrogen and oxygen atoms in total. The van der Waals surface area contributed by atoms with Crippen LogP contribution in [-0.2, 0) is 20.0 Å². The SMILES string of the molecule is CCOc1ccc(NS(=O)(=O)c2ccc(NS(=O)(=O)c3ccc([N+](=O)[O-])cc3)cc2)cc1. The van der Waals surface area contributed by atoms with Crippen molar-refractivity contribution in [1.29, 1.82) is 0 Å². The van der Waals surface area contributed by atoms with Crippen LogP contribution in [0.1, 0.15) is 6.92 Å². The highest BCUT2D eigenvalue weighted by atomic mass is 32.2. The Morgan fingerprint density at radius 3 is 1.56 bits per heavy atom. The fraction of sp³-hybridized carbons (Fsp3) is 0.100. The lowest BCUT2D eigenvalue weighted by Gasteiger charge is -2.11. The molecule has 0 radical (unpaired) electrons. The van der Waals surface area contributed by atoms with Crippen molar-refractivity contribution in [3.63, 3.8) is 0 Å². The molecule has 0 bridgehead atoms. The van der Waals surface area contributed by atoms with E-state index in [1.165, 1.54) is 24.3 Å². The molecular formula is C20H19N3O7S2. The second-order valence-corrected chi connectivity index (χ2v) is 9.81. The Hall–Kier alpha value is -3.64. The number of sulfonamides is 2. The molecule has 0 saturated carbocycles. The Balaban J connectivity index is 1.72. The quantitative estimate of drug-likeness (QED) is 0.354. The van der Waals surface area contributed by atoms with E-state index in [-0.39, 0.29) is 21.2 Å². The van der Waals surface area contributed by atoms with Crippen LogP contribution in [0.4, 0.5) is 17.1 Å². The van der Waals surface area contributed by atoms with Crippen LogP contribution in [0.2, 0.25) is 0 Å². The van der Waals surface area contributed by atoms with Gasteiger partial charge in [-0.15, -0.1) is 0 Å². The number of benzene rings is 3. The van der Waals surface area contributed by atoms with Crippen molar-refractivity contribution in [3.8, 4) is 5.75 Å². The van der Waals surface area contributed by atoms with E-state index in [4.69, 9.17) is 4.74 Å². The van der Waals surface area contributed by atoms with Crippen molar-refractivity contribution in [1.82, 2.24) is 0 Å². The standard InChI is InChI=1S/C20H19N3O7S2/c1-2-30-18-9-3-15(4-10-18)21-31(26,27)19-11-5-16(6-12-19)22-32(28,29)20-13-7-17(8-14-20)23(24)25/h3-14,21-22H,2H2,1H3. The van der Waals surface area contributed by atoms with E-state index in [0.29, 0.717) is 18.0 Å². The van der Waals surface area contributed by atoms with Gasteiger partial charge in [-0.05, 0) is 67.6 Å². The maximum Gasteiger partial charge on any atom is 0.269 e. The first-order valence-corrected chi connectivity index (χ1v) is 12.2. The lowest BCUT2D eigenvalue weighted by molar-refractivity contribution is -0.384. The third-order valence-electron chi connectivity index (χ3n) is 4.19. The number of hydrogen-bond donors (Lipinski definition) is 2. The van der Waals surface area contributed by atoms with Gasteiger partial charge in [-0.1, -0.05) is 0 Å². The first kappa shape index (κ1) is 23.0. The van der Waals surface area contributed by atoms with Gasteiger partial charge < -0.3 is 4.74 Å². The maximum atomic E-state index is 12.6. The number of nitrogens with zero attached hydrogens (tertiary/aromatic N) is 1. The van der Waals surface area contributed by atoms with Gasteiger partial charge in [0.15, 0.2) is 0 Å². The summed E-state index contributed by atoms with van der Waals surface area (Å²) in [6, 6.07) is 15.9. The number of nitrogens with one attached hydrogen (secondary N) is 2. The summed E-state index contributed by atoms with van der Waals surface area (Å²) in [5.41, 5.74) is 0.235. The third-order valence-corrected chi connectivity index (χ3v) is 6.99. The van der Waals surface area contributed by atoms with Gasteiger partial charge >= 0.3 is 0 Å². The van der Waals surface area contributed by atoms with Crippen molar-refractivity contribution >= 4 is 37.1 Å². The molecule has 3 aromatic carbocycles. The van der Waals surface area contributed by atoms with Gasteiger partial charge in [-0.2, -0.15) is 0 Å². The van der Waals surface area contributed by atoms with Gasteiger partial charge in [0, 0.05) is 23.5 Å². The van der Waals surface area contributed by atoms with E-state index in [9.17, 15) is 26.9 Å². The van der Waals surface area contributed by atoms with E-state index in [0.717, 1.165) is 24.3 Å². The molecule has 0 spiro atoms. The highest BCUT2D eigenvalue weighted by molar-refractivity contribution is 7.93. The molecule has 0 atom stereocenters. The van der Waals surface area contributed by atoms with Crippen LogP contribution in [-0.4, -0.2) is 28.4 Å². The summed E-state index contributed by atoms with van der Waals surface area (Å²) in [4.78, 5) is 9.83. The maximum absolute atomic E-state index is 12.6. The first-order valence-electron chi connectivity index (χ1n) is 9.24. The summed E-state index contributed by atoms with van der Waals surface area (Å²) in [5.74, 6) is 0.611. The van der Waals surface area contributed by atoms with Crippen molar-refractivity contribution in [2.75, 3.05) is 16.1 Å². The molecule has 3 aromatic rings. The topological polar surface area (TPSA) is 145 Å². The van der Waals surface area contributed by atoms with Crippen LogP contribution in [0, 0.1) is 10.1 Å². The summed E-state index contributed by atoms with van der Waals surface area (Å²) in [5, 5.41) is 10.7. The van der Waals surface area contributed by atoms with Crippen molar-refractivity contribution in [3.05, 3.63) is 82.9 Å². The number of nitro benzene ring substituents is 1. The Kier molecular flexibility index (Phi) is 6.65. The second-order valence-electron chi connectivity index (χ2n) is 6.44. The van der Waals surface area contributed by atoms with Crippen molar-refractivity contribution in [2.45, 2.75) is 16.7 Å². The van der Waals surface area contributed by atoms with Crippen LogP contribution >= 0.6 is 0 Å². The average molecular weight is 478 g/mol. The van der Waals surface area contributed by atoms with E-state index in [1.54, 1.807) is 24.3 Å². The molecule has 168 valence electrons. The highest BCUT2D eigenvalue weighted by Gasteiger charge is 2.18. The zero-order chi connectivity index (χ0) is 23.4. The number of hydrogen-bond acceptors (Lipinski definition) is 7.